The molecule has 1 aromatic heterocycles. The van der Waals surface area contributed by atoms with Crippen LogP contribution in [-0.2, 0) is 4.79 Å². The number of hydrogen-bond donors (Lipinski definition) is 1. The number of methoxy groups -OCH3 is 1. The SMILES string of the molecule is COc1ccccc1-c1nnc(SCC(=O)Nc2ccc(N3CCN(C(=O)c4cccc(Cl)c4)CC3)cc2)o1. The van der Waals surface area contributed by atoms with Gasteiger partial charge in [-0.3, -0.25) is 9.59 Å². The van der Waals surface area contributed by atoms with Crippen LogP contribution in [-0.4, -0.2) is 66.0 Å². The fourth-order valence-electron chi connectivity index (χ4n) is 4.25. The monoisotopic (exact) mass is 563 g/mol. The van der Waals surface area contributed by atoms with Gasteiger partial charge in [0, 0.05) is 48.1 Å². The van der Waals surface area contributed by atoms with Crippen molar-refractivity contribution in [2.45, 2.75) is 5.22 Å². The van der Waals surface area contributed by atoms with Crippen molar-refractivity contribution in [2.75, 3.05) is 49.3 Å². The van der Waals surface area contributed by atoms with Crippen molar-refractivity contribution < 1.29 is 18.7 Å². The van der Waals surface area contributed by atoms with Crippen LogP contribution in [0.4, 0.5) is 11.4 Å². The van der Waals surface area contributed by atoms with E-state index in [9.17, 15) is 9.59 Å². The van der Waals surface area contributed by atoms with Crippen molar-refractivity contribution in [1.29, 1.82) is 0 Å². The Kier molecular flexibility index (Phi) is 8.33. The number of amides is 2. The van der Waals surface area contributed by atoms with Crippen LogP contribution in [0.3, 0.4) is 0 Å². The van der Waals surface area contributed by atoms with Gasteiger partial charge in [0.1, 0.15) is 5.75 Å². The highest BCUT2D eigenvalue weighted by atomic mass is 35.5. The predicted molar refractivity (Wildman–Crippen MR) is 152 cm³/mol. The summed E-state index contributed by atoms with van der Waals surface area (Å²) in [5.74, 6) is 0.896. The second kappa shape index (κ2) is 12.2. The van der Waals surface area contributed by atoms with Gasteiger partial charge in [-0.2, -0.15) is 0 Å². The number of para-hydroxylation sites is 1. The maximum Gasteiger partial charge on any atom is 0.277 e. The van der Waals surface area contributed by atoms with Crippen molar-refractivity contribution in [3.63, 3.8) is 0 Å². The van der Waals surface area contributed by atoms with Gasteiger partial charge in [0.15, 0.2) is 0 Å². The molecule has 3 aromatic carbocycles. The van der Waals surface area contributed by atoms with E-state index in [2.05, 4.69) is 20.4 Å². The Hall–Kier alpha value is -4.02. The lowest BCUT2D eigenvalue weighted by Gasteiger charge is -2.36. The van der Waals surface area contributed by atoms with E-state index in [-0.39, 0.29) is 17.6 Å². The summed E-state index contributed by atoms with van der Waals surface area (Å²) in [7, 11) is 1.58. The van der Waals surface area contributed by atoms with Crippen LogP contribution in [0.5, 0.6) is 5.75 Å². The van der Waals surface area contributed by atoms with E-state index in [1.54, 1.807) is 31.4 Å². The molecule has 200 valence electrons. The van der Waals surface area contributed by atoms with E-state index < -0.39 is 0 Å². The second-order valence-corrected chi connectivity index (χ2v) is 10.1. The number of carbonyl (C=O) groups is 2. The van der Waals surface area contributed by atoms with E-state index in [1.165, 1.54) is 0 Å². The molecule has 1 N–H and O–H groups in total. The van der Waals surface area contributed by atoms with Gasteiger partial charge < -0.3 is 24.3 Å². The molecule has 0 atom stereocenters. The predicted octanol–water partition coefficient (Wildman–Crippen LogP) is 5.09. The number of halogens is 1. The average molecular weight is 564 g/mol. The summed E-state index contributed by atoms with van der Waals surface area (Å²) < 4.78 is 11.0. The highest BCUT2D eigenvalue weighted by molar-refractivity contribution is 7.99. The van der Waals surface area contributed by atoms with Crippen LogP contribution in [0.15, 0.2) is 82.4 Å². The molecule has 1 saturated heterocycles. The molecular weight excluding hydrogens is 538 g/mol. The molecule has 2 amide bonds. The lowest BCUT2D eigenvalue weighted by Crippen LogP contribution is -2.48. The molecule has 1 fully saturated rings. The zero-order valence-electron chi connectivity index (χ0n) is 21.2. The number of thioether (sulfide) groups is 1. The van der Waals surface area contributed by atoms with Gasteiger partial charge in [-0.15, -0.1) is 10.2 Å². The highest BCUT2D eigenvalue weighted by Gasteiger charge is 2.22. The van der Waals surface area contributed by atoms with Gasteiger partial charge in [0.25, 0.3) is 17.0 Å². The smallest absolute Gasteiger partial charge is 0.277 e. The first kappa shape index (κ1) is 26.6. The molecule has 11 heteroatoms. The molecule has 4 aromatic rings. The molecular formula is C28H26ClN5O4S. The lowest BCUT2D eigenvalue weighted by molar-refractivity contribution is -0.113. The Morgan fingerprint density at radius 1 is 1.00 bits per heavy atom. The average Bonchev–Trinajstić information content (AvgIpc) is 3.45. The summed E-state index contributed by atoms with van der Waals surface area (Å²) in [5, 5.41) is 11.8. The molecule has 1 aliphatic heterocycles. The van der Waals surface area contributed by atoms with Gasteiger partial charge in [0.05, 0.1) is 18.4 Å². The topological polar surface area (TPSA) is 101 Å². The number of hydrogen-bond acceptors (Lipinski definition) is 8. The minimum absolute atomic E-state index is 0.00961. The van der Waals surface area contributed by atoms with Crippen LogP contribution in [0.1, 0.15) is 10.4 Å². The van der Waals surface area contributed by atoms with Gasteiger partial charge in [0.2, 0.25) is 5.91 Å². The number of nitrogens with one attached hydrogen (secondary N) is 1. The standard InChI is InChI=1S/C28H26ClN5O4S/c1-37-24-8-3-2-7-23(24)26-31-32-28(38-26)39-18-25(35)30-21-9-11-22(12-10-21)33-13-15-34(16-14-33)27(36)19-5-4-6-20(29)17-19/h2-12,17H,13-16,18H2,1H3,(H,30,35). The Balaban J connectivity index is 1.09. The third-order valence-corrected chi connectivity index (χ3v) is 7.28. The molecule has 0 spiro atoms. The molecule has 0 bridgehead atoms. The van der Waals surface area contributed by atoms with Crippen molar-refractivity contribution >= 4 is 46.6 Å². The molecule has 1 aliphatic rings. The molecule has 9 nitrogen and oxygen atoms in total. The number of carbonyl (C=O) groups excluding carboxylic acids is 2. The van der Waals surface area contributed by atoms with E-state index in [1.807, 2.05) is 53.4 Å². The molecule has 0 radical (unpaired) electrons. The molecule has 5 rings (SSSR count). The number of rotatable bonds is 8. The summed E-state index contributed by atoms with van der Waals surface area (Å²) in [6.45, 7) is 2.68. The van der Waals surface area contributed by atoms with Crippen LogP contribution in [0.25, 0.3) is 11.5 Å². The molecule has 39 heavy (non-hydrogen) atoms. The van der Waals surface area contributed by atoms with Crippen molar-refractivity contribution in [3.05, 3.63) is 83.4 Å². The Labute approximate surface area is 235 Å². The zero-order chi connectivity index (χ0) is 27.2. The summed E-state index contributed by atoms with van der Waals surface area (Å²) >= 11 is 7.20. The van der Waals surface area contributed by atoms with E-state index >= 15 is 0 Å². The summed E-state index contributed by atoms with van der Waals surface area (Å²) in [6.07, 6.45) is 0. The lowest BCUT2D eigenvalue weighted by atomic mass is 10.1. The van der Waals surface area contributed by atoms with Crippen molar-refractivity contribution in [2.24, 2.45) is 0 Å². The van der Waals surface area contributed by atoms with Crippen LogP contribution < -0.4 is 15.0 Å². The van der Waals surface area contributed by atoms with E-state index in [0.29, 0.717) is 51.8 Å². The minimum atomic E-state index is -0.182. The quantitative estimate of drug-likeness (QED) is 0.296. The number of nitrogens with zero attached hydrogens (tertiary/aromatic N) is 4. The van der Waals surface area contributed by atoms with Crippen molar-refractivity contribution in [1.82, 2.24) is 15.1 Å². The number of benzene rings is 3. The first-order valence-electron chi connectivity index (χ1n) is 12.3. The summed E-state index contributed by atoms with van der Waals surface area (Å²) in [6, 6.07) is 22.1. The fraction of sp³-hybridized carbons (Fsp3) is 0.214. The van der Waals surface area contributed by atoms with Crippen molar-refractivity contribution in [3.8, 4) is 17.2 Å². The van der Waals surface area contributed by atoms with Crippen LogP contribution in [0, 0.1) is 0 Å². The number of ether oxygens (including phenoxy) is 1. The molecule has 2 heterocycles. The normalized spacial score (nSPS) is 13.3. The maximum absolute atomic E-state index is 12.8. The van der Waals surface area contributed by atoms with E-state index in [4.69, 9.17) is 20.8 Å². The summed E-state index contributed by atoms with van der Waals surface area (Å²) in [5.41, 5.74) is 3.02. The third-order valence-electron chi connectivity index (χ3n) is 6.23. The Morgan fingerprint density at radius 2 is 1.77 bits per heavy atom. The minimum Gasteiger partial charge on any atom is -0.496 e. The Morgan fingerprint density at radius 3 is 2.51 bits per heavy atom. The van der Waals surface area contributed by atoms with Gasteiger partial charge in [-0.1, -0.05) is 41.6 Å². The number of aromatic nitrogens is 2. The number of anilines is 2. The Bertz CT molecular complexity index is 1450. The molecule has 0 saturated carbocycles. The van der Waals surface area contributed by atoms with Gasteiger partial charge in [-0.05, 0) is 54.6 Å². The maximum atomic E-state index is 12.8. The molecule has 0 aliphatic carbocycles. The first-order valence-corrected chi connectivity index (χ1v) is 13.7. The van der Waals surface area contributed by atoms with Gasteiger partial charge in [-0.25, -0.2) is 0 Å². The second-order valence-electron chi connectivity index (χ2n) is 8.75. The van der Waals surface area contributed by atoms with Crippen LogP contribution in [0.2, 0.25) is 5.02 Å². The fourth-order valence-corrected chi connectivity index (χ4v) is 5.00. The zero-order valence-corrected chi connectivity index (χ0v) is 22.7. The first-order chi connectivity index (χ1) is 19.0. The van der Waals surface area contributed by atoms with Gasteiger partial charge >= 0.3 is 0 Å². The third kappa shape index (κ3) is 6.52. The molecule has 0 unspecified atom stereocenters. The number of piperazine rings is 1. The highest BCUT2D eigenvalue weighted by Crippen LogP contribution is 2.30. The summed E-state index contributed by atoms with van der Waals surface area (Å²) in [4.78, 5) is 29.3. The largest absolute Gasteiger partial charge is 0.496 e. The van der Waals surface area contributed by atoms with E-state index in [0.717, 1.165) is 30.5 Å². The van der Waals surface area contributed by atoms with Crippen LogP contribution >= 0.6 is 23.4 Å².